The Morgan fingerprint density at radius 2 is 1.83 bits per heavy atom. The Morgan fingerprint density at radius 1 is 1.10 bits per heavy atom. The lowest BCUT2D eigenvalue weighted by molar-refractivity contribution is 0.0690. The van der Waals surface area contributed by atoms with Crippen molar-refractivity contribution in [2.24, 2.45) is 5.92 Å². The fourth-order valence-corrected chi connectivity index (χ4v) is 4.46. The number of amides is 1. The Morgan fingerprint density at radius 3 is 2.48 bits per heavy atom. The Balaban J connectivity index is 1.27. The number of rotatable bonds is 6. The van der Waals surface area contributed by atoms with Gasteiger partial charge in [-0.3, -0.25) is 4.79 Å². The number of nitrogens with zero attached hydrogens (tertiary/aromatic N) is 2. The van der Waals surface area contributed by atoms with E-state index in [2.05, 4.69) is 35.3 Å². The third kappa shape index (κ3) is 5.24. The summed E-state index contributed by atoms with van der Waals surface area (Å²) in [6.07, 6.45) is 3.23. The molecule has 1 aromatic heterocycles. The van der Waals surface area contributed by atoms with Crippen molar-refractivity contribution in [3.8, 4) is 5.75 Å². The molecule has 2 heterocycles. The molecule has 2 aromatic carbocycles. The number of ether oxygens (including phenoxy) is 1. The van der Waals surface area contributed by atoms with Crippen LogP contribution in [0.3, 0.4) is 0 Å². The van der Waals surface area contributed by atoms with Crippen LogP contribution in [0.5, 0.6) is 5.75 Å². The highest BCUT2D eigenvalue weighted by Crippen LogP contribution is 2.23. The van der Waals surface area contributed by atoms with Crippen molar-refractivity contribution in [2.45, 2.75) is 32.8 Å². The average molecular weight is 407 g/mol. The molecule has 0 spiro atoms. The van der Waals surface area contributed by atoms with Gasteiger partial charge < -0.3 is 9.64 Å². The van der Waals surface area contributed by atoms with Gasteiger partial charge >= 0.3 is 0 Å². The Labute approximate surface area is 176 Å². The minimum absolute atomic E-state index is 0.116. The van der Waals surface area contributed by atoms with Crippen molar-refractivity contribution < 1.29 is 9.53 Å². The van der Waals surface area contributed by atoms with Gasteiger partial charge in [-0.05, 0) is 61.9 Å². The molecule has 0 saturated carbocycles. The lowest BCUT2D eigenvalue weighted by Gasteiger charge is -2.32. The molecule has 5 heteroatoms. The van der Waals surface area contributed by atoms with Gasteiger partial charge in [0.05, 0.1) is 0 Å². The molecular weight excluding hydrogens is 380 g/mol. The number of aromatic nitrogens is 1. The van der Waals surface area contributed by atoms with E-state index >= 15 is 0 Å². The van der Waals surface area contributed by atoms with Crippen LogP contribution < -0.4 is 4.74 Å². The van der Waals surface area contributed by atoms with Gasteiger partial charge in [0, 0.05) is 29.7 Å². The van der Waals surface area contributed by atoms with Gasteiger partial charge in [-0.15, -0.1) is 11.3 Å². The summed E-state index contributed by atoms with van der Waals surface area (Å²) in [5, 5.41) is 2.98. The van der Waals surface area contributed by atoms with E-state index in [1.807, 2.05) is 41.5 Å². The van der Waals surface area contributed by atoms with Crippen molar-refractivity contribution in [1.29, 1.82) is 0 Å². The third-order valence-electron chi connectivity index (χ3n) is 5.40. The zero-order valence-corrected chi connectivity index (χ0v) is 17.5. The summed E-state index contributed by atoms with van der Waals surface area (Å²) in [7, 11) is 0. The number of hydrogen-bond acceptors (Lipinski definition) is 4. The zero-order valence-electron chi connectivity index (χ0n) is 16.7. The van der Waals surface area contributed by atoms with E-state index < -0.39 is 0 Å². The standard InChI is InChI=1S/C24H26N2O2S/c1-18-17-29-23(25-18)16-28-22-9-7-21(8-10-22)24(27)26-13-11-20(12-14-26)15-19-5-3-2-4-6-19/h2-10,17,20H,11-16H2,1H3. The second-order valence-corrected chi connectivity index (χ2v) is 8.56. The predicted molar refractivity (Wildman–Crippen MR) is 116 cm³/mol. The third-order valence-corrected chi connectivity index (χ3v) is 6.34. The number of benzene rings is 2. The molecule has 0 N–H and O–H groups in total. The van der Waals surface area contributed by atoms with Crippen LogP contribution in [-0.2, 0) is 13.0 Å². The van der Waals surface area contributed by atoms with Gasteiger partial charge in [0.2, 0.25) is 0 Å². The predicted octanol–water partition coefficient (Wildman–Crippen LogP) is 5.13. The number of thiazole rings is 1. The van der Waals surface area contributed by atoms with E-state index in [1.54, 1.807) is 11.3 Å². The van der Waals surface area contributed by atoms with Gasteiger partial charge in [-0.1, -0.05) is 30.3 Å². The average Bonchev–Trinajstić information content (AvgIpc) is 3.19. The van der Waals surface area contributed by atoms with Gasteiger partial charge in [0.25, 0.3) is 5.91 Å². The fraction of sp³-hybridized carbons (Fsp3) is 0.333. The Bertz CT molecular complexity index is 929. The van der Waals surface area contributed by atoms with Crippen LogP contribution in [0.1, 0.15) is 39.5 Å². The van der Waals surface area contributed by atoms with Crippen molar-refractivity contribution >= 4 is 17.2 Å². The quantitative estimate of drug-likeness (QED) is 0.570. The minimum atomic E-state index is 0.116. The van der Waals surface area contributed by atoms with Crippen molar-refractivity contribution in [3.05, 3.63) is 81.8 Å². The molecule has 0 radical (unpaired) electrons. The molecule has 1 fully saturated rings. The number of likely N-dealkylation sites (tertiary alicyclic amines) is 1. The van der Waals surface area contributed by atoms with Crippen LogP contribution in [0.15, 0.2) is 60.0 Å². The van der Waals surface area contributed by atoms with E-state index in [4.69, 9.17) is 4.74 Å². The number of carbonyl (C=O) groups excluding carboxylic acids is 1. The summed E-state index contributed by atoms with van der Waals surface area (Å²) < 4.78 is 5.78. The molecule has 4 nitrogen and oxygen atoms in total. The van der Waals surface area contributed by atoms with Crippen molar-refractivity contribution in [1.82, 2.24) is 9.88 Å². The molecule has 1 saturated heterocycles. The van der Waals surface area contributed by atoms with E-state index in [9.17, 15) is 4.79 Å². The van der Waals surface area contributed by atoms with Gasteiger partial charge in [0.15, 0.2) is 0 Å². The summed E-state index contributed by atoms with van der Waals surface area (Å²) in [5.74, 6) is 1.54. The SMILES string of the molecule is Cc1csc(COc2ccc(C(=O)N3CCC(Cc4ccccc4)CC3)cc2)n1. The van der Waals surface area contributed by atoms with Crippen LogP contribution in [0.25, 0.3) is 0 Å². The van der Waals surface area contributed by atoms with Crippen LogP contribution in [0.2, 0.25) is 0 Å². The lowest BCUT2D eigenvalue weighted by Crippen LogP contribution is -2.38. The Hall–Kier alpha value is -2.66. The van der Waals surface area contributed by atoms with Crippen LogP contribution in [0.4, 0.5) is 0 Å². The molecule has 1 amide bonds. The van der Waals surface area contributed by atoms with Crippen molar-refractivity contribution in [3.63, 3.8) is 0 Å². The summed E-state index contributed by atoms with van der Waals surface area (Å²) in [4.78, 5) is 19.2. The largest absolute Gasteiger partial charge is 0.486 e. The topological polar surface area (TPSA) is 42.4 Å². The Kier molecular flexibility index (Phi) is 6.25. The summed E-state index contributed by atoms with van der Waals surface area (Å²) in [6.45, 7) is 4.10. The normalized spacial score (nSPS) is 14.7. The molecule has 1 aliphatic heterocycles. The van der Waals surface area contributed by atoms with E-state index in [0.29, 0.717) is 12.5 Å². The first kappa shape index (κ1) is 19.6. The maximum Gasteiger partial charge on any atom is 0.253 e. The second kappa shape index (κ2) is 9.23. The van der Waals surface area contributed by atoms with Gasteiger partial charge in [0.1, 0.15) is 17.4 Å². The fourth-order valence-electron chi connectivity index (χ4n) is 3.78. The highest BCUT2D eigenvalue weighted by atomic mass is 32.1. The van der Waals surface area contributed by atoms with E-state index in [-0.39, 0.29) is 5.91 Å². The first-order valence-electron chi connectivity index (χ1n) is 10.1. The summed E-state index contributed by atoms with van der Waals surface area (Å²) in [5.41, 5.74) is 3.13. The first-order chi connectivity index (χ1) is 14.2. The smallest absolute Gasteiger partial charge is 0.253 e. The summed E-state index contributed by atoms with van der Waals surface area (Å²) >= 11 is 1.60. The molecule has 3 aromatic rings. The second-order valence-electron chi connectivity index (χ2n) is 7.62. The van der Waals surface area contributed by atoms with Crippen LogP contribution in [0, 0.1) is 12.8 Å². The zero-order chi connectivity index (χ0) is 20.1. The molecule has 150 valence electrons. The number of piperidine rings is 1. The highest BCUT2D eigenvalue weighted by Gasteiger charge is 2.23. The van der Waals surface area contributed by atoms with Gasteiger partial charge in [-0.25, -0.2) is 4.98 Å². The van der Waals surface area contributed by atoms with E-state index in [0.717, 1.165) is 54.4 Å². The van der Waals surface area contributed by atoms with Gasteiger partial charge in [-0.2, -0.15) is 0 Å². The van der Waals surface area contributed by atoms with Crippen LogP contribution in [-0.4, -0.2) is 28.9 Å². The molecular formula is C24H26N2O2S. The molecule has 29 heavy (non-hydrogen) atoms. The van der Waals surface area contributed by atoms with Crippen molar-refractivity contribution in [2.75, 3.05) is 13.1 Å². The molecule has 1 aliphatic rings. The summed E-state index contributed by atoms with van der Waals surface area (Å²) in [6, 6.07) is 18.1. The number of carbonyl (C=O) groups is 1. The maximum absolute atomic E-state index is 12.8. The number of aryl methyl sites for hydroxylation is 1. The lowest BCUT2D eigenvalue weighted by atomic mass is 9.90. The highest BCUT2D eigenvalue weighted by molar-refractivity contribution is 7.09. The van der Waals surface area contributed by atoms with E-state index in [1.165, 1.54) is 5.56 Å². The molecule has 0 bridgehead atoms. The van der Waals surface area contributed by atoms with Crippen LogP contribution >= 0.6 is 11.3 Å². The number of hydrogen-bond donors (Lipinski definition) is 0. The minimum Gasteiger partial charge on any atom is -0.486 e. The molecule has 0 atom stereocenters. The molecule has 0 unspecified atom stereocenters. The molecule has 4 rings (SSSR count). The molecule has 0 aliphatic carbocycles. The maximum atomic E-state index is 12.8. The first-order valence-corrected chi connectivity index (χ1v) is 11.0. The monoisotopic (exact) mass is 406 g/mol.